The predicted molar refractivity (Wildman–Crippen MR) is 126 cm³/mol. The van der Waals surface area contributed by atoms with Gasteiger partial charge < -0.3 is 24.8 Å². The predicted octanol–water partition coefficient (Wildman–Crippen LogP) is 1.41. The summed E-state index contributed by atoms with van der Waals surface area (Å²) in [5.41, 5.74) is 1.06. The van der Waals surface area contributed by atoms with Crippen LogP contribution in [0, 0.1) is 0 Å². The number of hydrogen-bond donors (Lipinski definition) is 2. The van der Waals surface area contributed by atoms with Gasteiger partial charge in [-0.3, -0.25) is 9.59 Å². The lowest BCUT2D eigenvalue weighted by Gasteiger charge is -2.26. The van der Waals surface area contributed by atoms with Gasteiger partial charge in [0, 0.05) is 18.8 Å². The topological polar surface area (TPSA) is 123 Å². The molecule has 2 aromatic carbocycles. The Morgan fingerprint density at radius 2 is 1.76 bits per heavy atom. The lowest BCUT2D eigenvalue weighted by Crippen LogP contribution is -2.40. The van der Waals surface area contributed by atoms with Gasteiger partial charge in [-0.25, -0.2) is 8.42 Å². The largest absolute Gasteiger partial charge is 0.495 e. The van der Waals surface area contributed by atoms with Crippen molar-refractivity contribution in [1.82, 2.24) is 9.62 Å². The SMILES string of the molecule is CCOc1ccc(NC(=O)CNC(=O)Cc2ccc(OC)c(S(=O)(=O)N3CCOCC3)c2)cc1. The number of anilines is 1. The van der Waals surface area contributed by atoms with Crippen molar-refractivity contribution in [3.8, 4) is 11.5 Å². The van der Waals surface area contributed by atoms with E-state index in [-0.39, 0.29) is 42.6 Å². The van der Waals surface area contributed by atoms with E-state index in [4.69, 9.17) is 14.2 Å². The van der Waals surface area contributed by atoms with Gasteiger partial charge in [0.05, 0.1) is 39.9 Å². The number of rotatable bonds is 10. The van der Waals surface area contributed by atoms with Gasteiger partial charge in [0.15, 0.2) is 0 Å². The first-order valence-corrected chi connectivity index (χ1v) is 12.3. The van der Waals surface area contributed by atoms with Crippen molar-refractivity contribution >= 4 is 27.5 Å². The number of carbonyl (C=O) groups is 2. The summed E-state index contributed by atoms with van der Waals surface area (Å²) in [5.74, 6) is 0.0956. The van der Waals surface area contributed by atoms with E-state index in [9.17, 15) is 18.0 Å². The normalized spacial score (nSPS) is 14.3. The molecule has 0 aromatic heterocycles. The third-order valence-corrected chi connectivity index (χ3v) is 7.00. The van der Waals surface area contributed by atoms with Crippen LogP contribution in [0.3, 0.4) is 0 Å². The summed E-state index contributed by atoms with van der Waals surface area (Å²) < 4.78 is 43.3. The maximum absolute atomic E-state index is 13.1. The molecule has 1 fully saturated rings. The summed E-state index contributed by atoms with van der Waals surface area (Å²) in [6, 6.07) is 11.5. The van der Waals surface area contributed by atoms with E-state index in [1.54, 1.807) is 30.3 Å². The van der Waals surface area contributed by atoms with E-state index in [0.29, 0.717) is 36.8 Å². The molecule has 3 rings (SSSR count). The number of methoxy groups -OCH3 is 1. The number of nitrogens with one attached hydrogen (secondary N) is 2. The van der Waals surface area contributed by atoms with Crippen molar-refractivity contribution in [2.75, 3.05) is 51.9 Å². The van der Waals surface area contributed by atoms with Crippen LogP contribution in [-0.4, -0.2) is 71.1 Å². The number of sulfonamides is 1. The Bertz CT molecular complexity index is 1100. The molecule has 0 saturated carbocycles. The fraction of sp³-hybridized carbons (Fsp3) is 0.391. The van der Waals surface area contributed by atoms with Crippen LogP contribution >= 0.6 is 0 Å². The highest BCUT2D eigenvalue weighted by Crippen LogP contribution is 2.28. The Morgan fingerprint density at radius 3 is 2.41 bits per heavy atom. The first-order chi connectivity index (χ1) is 16.3. The lowest BCUT2D eigenvalue weighted by atomic mass is 10.1. The highest BCUT2D eigenvalue weighted by atomic mass is 32.2. The van der Waals surface area contributed by atoms with E-state index in [0.717, 1.165) is 0 Å². The van der Waals surface area contributed by atoms with Crippen molar-refractivity contribution in [1.29, 1.82) is 0 Å². The molecule has 2 amide bonds. The summed E-state index contributed by atoms with van der Waals surface area (Å²) in [6.07, 6.45) is -0.0913. The van der Waals surface area contributed by atoms with Gasteiger partial charge in [0.25, 0.3) is 0 Å². The Hall–Kier alpha value is -3.15. The maximum Gasteiger partial charge on any atom is 0.246 e. The zero-order chi connectivity index (χ0) is 24.6. The Labute approximate surface area is 199 Å². The molecule has 1 heterocycles. The number of nitrogens with zero attached hydrogens (tertiary/aromatic N) is 1. The molecule has 2 N–H and O–H groups in total. The Morgan fingerprint density at radius 1 is 1.06 bits per heavy atom. The van der Waals surface area contributed by atoms with Crippen LogP contribution in [0.5, 0.6) is 11.5 Å². The highest BCUT2D eigenvalue weighted by molar-refractivity contribution is 7.89. The van der Waals surface area contributed by atoms with Crippen LogP contribution in [0.4, 0.5) is 5.69 Å². The molecular formula is C23H29N3O7S. The smallest absolute Gasteiger partial charge is 0.246 e. The lowest BCUT2D eigenvalue weighted by molar-refractivity contribution is -0.123. The molecule has 1 aliphatic heterocycles. The molecule has 0 atom stereocenters. The van der Waals surface area contributed by atoms with Gasteiger partial charge in [-0.2, -0.15) is 4.31 Å². The van der Waals surface area contributed by atoms with Crippen LogP contribution < -0.4 is 20.1 Å². The fourth-order valence-corrected chi connectivity index (χ4v) is 5.01. The number of ether oxygens (including phenoxy) is 3. The van der Waals surface area contributed by atoms with Gasteiger partial charge in [-0.15, -0.1) is 0 Å². The van der Waals surface area contributed by atoms with E-state index in [1.807, 2.05) is 6.92 Å². The van der Waals surface area contributed by atoms with Crippen molar-refractivity contribution in [3.63, 3.8) is 0 Å². The minimum atomic E-state index is -3.81. The van der Waals surface area contributed by atoms with Crippen molar-refractivity contribution in [3.05, 3.63) is 48.0 Å². The number of morpholine rings is 1. The van der Waals surface area contributed by atoms with Crippen LogP contribution in [0.15, 0.2) is 47.4 Å². The first-order valence-electron chi connectivity index (χ1n) is 10.9. The van der Waals surface area contributed by atoms with Crippen LogP contribution in [0.25, 0.3) is 0 Å². The van der Waals surface area contributed by atoms with Crippen LogP contribution in [0.2, 0.25) is 0 Å². The van der Waals surface area contributed by atoms with Crippen LogP contribution in [0.1, 0.15) is 12.5 Å². The standard InChI is InChI=1S/C23H29N3O7S/c1-3-33-19-7-5-18(6-8-19)25-23(28)16-24-22(27)15-17-4-9-20(31-2)21(14-17)34(29,30)26-10-12-32-13-11-26/h4-9,14H,3,10-13,15-16H2,1-2H3,(H,24,27)(H,25,28). The number of hydrogen-bond acceptors (Lipinski definition) is 7. The number of carbonyl (C=O) groups excluding carboxylic acids is 2. The third kappa shape index (κ3) is 6.69. The van der Waals surface area contributed by atoms with Gasteiger partial charge in [0.2, 0.25) is 21.8 Å². The van der Waals surface area contributed by atoms with E-state index in [2.05, 4.69) is 10.6 Å². The first kappa shape index (κ1) is 25.5. The third-order valence-electron chi connectivity index (χ3n) is 5.08. The summed E-state index contributed by atoms with van der Waals surface area (Å²) in [6.45, 7) is 3.35. The maximum atomic E-state index is 13.1. The van der Waals surface area contributed by atoms with E-state index >= 15 is 0 Å². The molecule has 2 aromatic rings. The number of benzene rings is 2. The second kappa shape index (κ2) is 11.8. The molecule has 10 nitrogen and oxygen atoms in total. The molecular weight excluding hydrogens is 462 g/mol. The second-order valence-electron chi connectivity index (χ2n) is 7.46. The molecule has 1 saturated heterocycles. The summed E-state index contributed by atoms with van der Waals surface area (Å²) in [4.78, 5) is 24.5. The molecule has 0 spiro atoms. The minimum absolute atomic E-state index is 0.00422. The van der Waals surface area contributed by atoms with Crippen molar-refractivity contribution in [2.24, 2.45) is 0 Å². The van der Waals surface area contributed by atoms with E-state index in [1.165, 1.54) is 23.5 Å². The zero-order valence-corrected chi connectivity index (χ0v) is 20.0. The van der Waals surface area contributed by atoms with Crippen molar-refractivity contribution < 1.29 is 32.2 Å². The highest BCUT2D eigenvalue weighted by Gasteiger charge is 2.29. The quantitative estimate of drug-likeness (QED) is 0.515. The average Bonchev–Trinajstić information content (AvgIpc) is 2.84. The molecule has 11 heteroatoms. The van der Waals surface area contributed by atoms with Gasteiger partial charge in [-0.05, 0) is 48.9 Å². The van der Waals surface area contributed by atoms with Gasteiger partial charge >= 0.3 is 0 Å². The van der Waals surface area contributed by atoms with Crippen LogP contribution in [-0.2, 0) is 30.8 Å². The number of amides is 2. The second-order valence-corrected chi connectivity index (χ2v) is 9.37. The Kier molecular flexibility index (Phi) is 8.85. The molecule has 34 heavy (non-hydrogen) atoms. The Balaban J connectivity index is 1.59. The molecule has 0 unspecified atom stereocenters. The van der Waals surface area contributed by atoms with Gasteiger partial charge in [0.1, 0.15) is 16.4 Å². The van der Waals surface area contributed by atoms with Gasteiger partial charge in [-0.1, -0.05) is 6.07 Å². The molecule has 0 radical (unpaired) electrons. The summed E-state index contributed by atoms with van der Waals surface area (Å²) in [5, 5.41) is 5.24. The van der Waals surface area contributed by atoms with Crippen molar-refractivity contribution in [2.45, 2.75) is 18.2 Å². The van der Waals surface area contributed by atoms with E-state index < -0.39 is 15.9 Å². The monoisotopic (exact) mass is 491 g/mol. The molecule has 184 valence electrons. The molecule has 0 aliphatic carbocycles. The molecule has 1 aliphatic rings. The molecule has 0 bridgehead atoms. The average molecular weight is 492 g/mol. The summed E-state index contributed by atoms with van der Waals surface area (Å²) >= 11 is 0. The minimum Gasteiger partial charge on any atom is -0.495 e. The summed E-state index contributed by atoms with van der Waals surface area (Å²) in [7, 11) is -2.41. The fourth-order valence-electron chi connectivity index (χ4n) is 3.39. The zero-order valence-electron chi connectivity index (χ0n) is 19.2.